The fourth-order valence-corrected chi connectivity index (χ4v) is 4.61. The van der Waals surface area contributed by atoms with Gasteiger partial charge in [0, 0.05) is 29.7 Å². The first-order chi connectivity index (χ1) is 15.4. The second-order valence-electron chi connectivity index (χ2n) is 6.40. The SMILES string of the molecule is COCCOC(=O)Nc1cccc(NC(=O)c2ccc(NS(=O)(=O)c3cccs3)cc2)c1. The lowest BCUT2D eigenvalue weighted by molar-refractivity contribution is 0.102. The molecule has 0 atom stereocenters. The zero-order valence-corrected chi connectivity index (χ0v) is 18.7. The van der Waals surface area contributed by atoms with Gasteiger partial charge in [0.25, 0.3) is 15.9 Å². The van der Waals surface area contributed by atoms with Crippen molar-refractivity contribution >= 4 is 50.4 Å². The zero-order valence-electron chi connectivity index (χ0n) is 17.0. The smallest absolute Gasteiger partial charge is 0.411 e. The van der Waals surface area contributed by atoms with Crippen molar-refractivity contribution in [2.45, 2.75) is 4.21 Å². The molecule has 0 radical (unpaired) electrons. The number of thiophene rings is 1. The van der Waals surface area contributed by atoms with Crippen LogP contribution in [0.1, 0.15) is 10.4 Å². The maximum atomic E-state index is 12.5. The quantitative estimate of drug-likeness (QED) is 0.402. The highest BCUT2D eigenvalue weighted by Gasteiger charge is 2.15. The van der Waals surface area contributed by atoms with Gasteiger partial charge in [-0.05, 0) is 53.9 Å². The van der Waals surface area contributed by atoms with Crippen LogP contribution >= 0.6 is 11.3 Å². The summed E-state index contributed by atoms with van der Waals surface area (Å²) in [6.07, 6.45) is -0.633. The maximum Gasteiger partial charge on any atom is 0.411 e. The van der Waals surface area contributed by atoms with Crippen molar-refractivity contribution in [2.24, 2.45) is 0 Å². The summed E-state index contributed by atoms with van der Waals surface area (Å²) >= 11 is 1.11. The third-order valence-corrected chi connectivity index (χ3v) is 6.83. The summed E-state index contributed by atoms with van der Waals surface area (Å²) < 4.78 is 37.0. The summed E-state index contributed by atoms with van der Waals surface area (Å²) in [4.78, 5) is 24.3. The number of nitrogens with one attached hydrogen (secondary N) is 3. The van der Waals surface area contributed by atoms with Gasteiger partial charge in [0.15, 0.2) is 0 Å². The van der Waals surface area contributed by atoms with E-state index in [1.165, 1.54) is 37.4 Å². The van der Waals surface area contributed by atoms with E-state index < -0.39 is 22.0 Å². The molecule has 3 aromatic rings. The summed E-state index contributed by atoms with van der Waals surface area (Å²) in [5, 5.41) is 6.97. The number of amides is 2. The largest absolute Gasteiger partial charge is 0.447 e. The van der Waals surface area contributed by atoms with Gasteiger partial charge in [-0.1, -0.05) is 12.1 Å². The standard InChI is InChI=1S/C21H21N3O6S2/c1-29-11-12-30-21(26)23-18-5-2-4-17(14-18)22-20(25)15-7-9-16(10-8-15)24-32(27,28)19-6-3-13-31-19/h2-10,13-14,24H,11-12H2,1H3,(H,22,25)(H,23,26). The van der Waals surface area contributed by atoms with E-state index >= 15 is 0 Å². The van der Waals surface area contributed by atoms with Crippen molar-refractivity contribution in [2.75, 3.05) is 35.7 Å². The Labute approximate surface area is 189 Å². The van der Waals surface area contributed by atoms with Gasteiger partial charge in [-0.3, -0.25) is 14.8 Å². The Kier molecular flexibility index (Phi) is 7.82. The molecule has 3 N–H and O–H groups in total. The molecule has 0 aliphatic carbocycles. The molecule has 2 amide bonds. The van der Waals surface area contributed by atoms with Crippen LogP contribution in [0.25, 0.3) is 0 Å². The lowest BCUT2D eigenvalue weighted by Crippen LogP contribution is -2.17. The van der Waals surface area contributed by atoms with Crippen LogP contribution in [0, 0.1) is 0 Å². The Morgan fingerprint density at radius 3 is 2.28 bits per heavy atom. The van der Waals surface area contributed by atoms with Gasteiger partial charge in [-0.25, -0.2) is 13.2 Å². The summed E-state index contributed by atoms with van der Waals surface area (Å²) in [5.74, 6) is -0.391. The predicted molar refractivity (Wildman–Crippen MR) is 123 cm³/mol. The van der Waals surface area contributed by atoms with Crippen molar-refractivity contribution in [3.8, 4) is 0 Å². The highest BCUT2D eigenvalue weighted by Crippen LogP contribution is 2.21. The summed E-state index contributed by atoms with van der Waals surface area (Å²) in [5.41, 5.74) is 1.59. The van der Waals surface area contributed by atoms with E-state index in [0.717, 1.165) is 11.3 Å². The van der Waals surface area contributed by atoms with Crippen molar-refractivity contribution in [1.29, 1.82) is 0 Å². The van der Waals surface area contributed by atoms with Crippen molar-refractivity contribution < 1.29 is 27.5 Å². The molecule has 168 valence electrons. The third-order valence-electron chi connectivity index (χ3n) is 4.05. The van der Waals surface area contributed by atoms with E-state index in [1.807, 2.05) is 0 Å². The Hall–Kier alpha value is -3.41. The van der Waals surface area contributed by atoms with Crippen LogP contribution in [-0.4, -0.2) is 40.7 Å². The molecule has 0 saturated heterocycles. The second-order valence-corrected chi connectivity index (χ2v) is 9.26. The van der Waals surface area contributed by atoms with Crippen LogP contribution in [0.15, 0.2) is 70.3 Å². The first kappa shape index (κ1) is 23.3. The van der Waals surface area contributed by atoms with E-state index in [4.69, 9.17) is 9.47 Å². The monoisotopic (exact) mass is 475 g/mol. The van der Waals surface area contributed by atoms with Gasteiger partial charge in [0.2, 0.25) is 0 Å². The minimum absolute atomic E-state index is 0.123. The van der Waals surface area contributed by atoms with Gasteiger partial charge >= 0.3 is 6.09 Å². The van der Waals surface area contributed by atoms with Crippen molar-refractivity contribution in [3.05, 3.63) is 71.6 Å². The van der Waals surface area contributed by atoms with Crippen LogP contribution in [0.5, 0.6) is 0 Å². The van der Waals surface area contributed by atoms with Gasteiger partial charge in [0.1, 0.15) is 10.8 Å². The van der Waals surface area contributed by atoms with Crippen molar-refractivity contribution in [1.82, 2.24) is 0 Å². The summed E-state index contributed by atoms with van der Waals surface area (Å²) in [6.45, 7) is 0.413. The van der Waals surface area contributed by atoms with Crippen LogP contribution in [-0.2, 0) is 19.5 Å². The number of sulfonamides is 1. The molecule has 2 aromatic carbocycles. The molecule has 9 nitrogen and oxygen atoms in total. The van der Waals surface area contributed by atoms with E-state index in [-0.39, 0.29) is 17.4 Å². The predicted octanol–water partition coefficient (Wildman–Crippen LogP) is 4.00. The average molecular weight is 476 g/mol. The number of benzene rings is 2. The molecule has 0 unspecified atom stereocenters. The van der Waals surface area contributed by atoms with Crippen LogP contribution < -0.4 is 15.4 Å². The highest BCUT2D eigenvalue weighted by atomic mass is 32.2. The highest BCUT2D eigenvalue weighted by molar-refractivity contribution is 7.94. The average Bonchev–Trinajstić information content (AvgIpc) is 3.30. The van der Waals surface area contributed by atoms with Crippen LogP contribution in [0.2, 0.25) is 0 Å². The third kappa shape index (κ3) is 6.54. The molecular formula is C21H21N3O6S2. The number of rotatable bonds is 9. The molecule has 1 heterocycles. The molecule has 0 bridgehead atoms. The number of carbonyl (C=O) groups excluding carboxylic acids is 2. The lowest BCUT2D eigenvalue weighted by Gasteiger charge is -2.10. The number of hydrogen-bond donors (Lipinski definition) is 3. The number of hydrogen-bond acceptors (Lipinski definition) is 7. The normalized spacial score (nSPS) is 10.9. The minimum Gasteiger partial charge on any atom is -0.447 e. The second kappa shape index (κ2) is 10.8. The molecule has 0 aliphatic heterocycles. The Morgan fingerprint density at radius 1 is 0.906 bits per heavy atom. The molecule has 0 saturated carbocycles. The molecule has 11 heteroatoms. The first-order valence-corrected chi connectivity index (χ1v) is 11.7. The molecule has 3 rings (SSSR count). The van der Waals surface area contributed by atoms with Crippen LogP contribution in [0.3, 0.4) is 0 Å². The van der Waals surface area contributed by atoms with Gasteiger partial charge < -0.3 is 14.8 Å². The fourth-order valence-electron chi connectivity index (χ4n) is 2.56. The minimum atomic E-state index is -3.66. The number of ether oxygens (including phenoxy) is 2. The van der Waals surface area contributed by atoms with E-state index in [0.29, 0.717) is 22.6 Å². The Morgan fingerprint density at radius 2 is 1.62 bits per heavy atom. The van der Waals surface area contributed by atoms with Crippen LogP contribution in [0.4, 0.5) is 21.9 Å². The maximum absolute atomic E-state index is 12.5. The lowest BCUT2D eigenvalue weighted by atomic mass is 10.2. The molecule has 0 aliphatic rings. The van der Waals surface area contributed by atoms with Crippen molar-refractivity contribution in [3.63, 3.8) is 0 Å². The zero-order chi connectivity index (χ0) is 23.0. The molecular weight excluding hydrogens is 454 g/mol. The number of methoxy groups -OCH3 is 1. The first-order valence-electron chi connectivity index (χ1n) is 9.38. The molecule has 1 aromatic heterocycles. The van der Waals surface area contributed by atoms with Gasteiger partial charge in [-0.15, -0.1) is 11.3 Å². The Bertz CT molecular complexity index is 1160. The van der Waals surface area contributed by atoms with E-state index in [2.05, 4.69) is 15.4 Å². The fraction of sp³-hybridized carbons (Fsp3) is 0.143. The Balaban J connectivity index is 1.59. The molecule has 32 heavy (non-hydrogen) atoms. The molecule has 0 spiro atoms. The summed E-state index contributed by atoms with van der Waals surface area (Å²) in [7, 11) is -2.15. The topological polar surface area (TPSA) is 123 Å². The van der Waals surface area contributed by atoms with E-state index in [1.54, 1.807) is 35.7 Å². The van der Waals surface area contributed by atoms with Gasteiger partial charge in [-0.2, -0.15) is 0 Å². The van der Waals surface area contributed by atoms with Gasteiger partial charge in [0.05, 0.1) is 6.61 Å². The number of carbonyl (C=O) groups is 2. The summed E-state index contributed by atoms with van der Waals surface area (Å²) in [6, 6.07) is 15.8. The molecule has 0 fully saturated rings. The van der Waals surface area contributed by atoms with E-state index in [9.17, 15) is 18.0 Å². The number of anilines is 3.